The fourth-order valence-corrected chi connectivity index (χ4v) is 2.82. The number of ether oxygens (including phenoxy) is 1. The number of benzene rings is 1. The molecule has 0 bridgehead atoms. The summed E-state index contributed by atoms with van der Waals surface area (Å²) in [5.74, 6) is -1.34. The predicted octanol–water partition coefficient (Wildman–Crippen LogP) is 0.938. The van der Waals surface area contributed by atoms with E-state index in [1.54, 1.807) is 10.9 Å². The highest BCUT2D eigenvalue weighted by Gasteiger charge is 2.40. The number of carboxylic acid groups (broad SMARTS) is 1. The molecule has 1 amide bonds. The summed E-state index contributed by atoms with van der Waals surface area (Å²) in [4.78, 5) is 23.9. The summed E-state index contributed by atoms with van der Waals surface area (Å²) < 4.78 is 6.80. The number of aromatic nitrogens is 3. The first-order valence-electron chi connectivity index (χ1n) is 8.12. The van der Waals surface area contributed by atoms with Gasteiger partial charge in [-0.25, -0.2) is 4.68 Å². The first-order valence-corrected chi connectivity index (χ1v) is 8.12. The number of carboxylic acids is 1. The SMILES string of the molecule is O=C(NCC1(C(=O)O)CCOCC1)c1cn(Cc2ccccc2)nn1. The van der Waals surface area contributed by atoms with Crippen LogP contribution in [0.15, 0.2) is 36.5 Å². The molecule has 0 atom stereocenters. The minimum Gasteiger partial charge on any atom is -0.481 e. The standard InChI is InChI=1S/C17H20N4O4/c22-15(18-12-17(16(23)24)6-8-25-9-7-17)14-11-21(20-19-14)10-13-4-2-1-3-5-13/h1-5,11H,6-10,12H2,(H,18,22)(H,23,24). The van der Waals surface area contributed by atoms with Crippen molar-refractivity contribution in [1.29, 1.82) is 0 Å². The second kappa shape index (κ2) is 7.43. The van der Waals surface area contributed by atoms with Gasteiger partial charge in [0.2, 0.25) is 0 Å². The van der Waals surface area contributed by atoms with Crippen LogP contribution in [-0.2, 0) is 16.1 Å². The van der Waals surface area contributed by atoms with E-state index in [1.165, 1.54) is 0 Å². The number of carbonyl (C=O) groups is 2. The van der Waals surface area contributed by atoms with Crippen LogP contribution in [0, 0.1) is 5.41 Å². The highest BCUT2D eigenvalue weighted by atomic mass is 16.5. The van der Waals surface area contributed by atoms with Crippen LogP contribution in [0.25, 0.3) is 0 Å². The van der Waals surface area contributed by atoms with Crippen molar-refractivity contribution in [2.24, 2.45) is 5.41 Å². The summed E-state index contributed by atoms with van der Waals surface area (Å²) in [6.07, 6.45) is 2.31. The zero-order valence-corrected chi connectivity index (χ0v) is 13.7. The predicted molar refractivity (Wildman–Crippen MR) is 88.0 cm³/mol. The summed E-state index contributed by atoms with van der Waals surface area (Å²) in [5.41, 5.74) is 0.239. The van der Waals surface area contributed by atoms with E-state index in [-0.39, 0.29) is 12.2 Å². The molecule has 25 heavy (non-hydrogen) atoms. The van der Waals surface area contributed by atoms with E-state index >= 15 is 0 Å². The second-order valence-electron chi connectivity index (χ2n) is 6.17. The normalized spacial score (nSPS) is 16.3. The third-order valence-electron chi connectivity index (χ3n) is 4.45. The van der Waals surface area contributed by atoms with E-state index in [4.69, 9.17) is 4.74 Å². The molecule has 1 aliphatic rings. The number of aliphatic carboxylic acids is 1. The average Bonchev–Trinajstić information content (AvgIpc) is 3.10. The van der Waals surface area contributed by atoms with Gasteiger partial charge in [0.1, 0.15) is 0 Å². The van der Waals surface area contributed by atoms with Crippen molar-refractivity contribution in [1.82, 2.24) is 20.3 Å². The Morgan fingerprint density at radius 2 is 1.96 bits per heavy atom. The molecule has 132 valence electrons. The van der Waals surface area contributed by atoms with E-state index in [2.05, 4.69) is 15.6 Å². The lowest BCUT2D eigenvalue weighted by atomic mass is 9.80. The zero-order chi connectivity index (χ0) is 17.7. The van der Waals surface area contributed by atoms with E-state index in [0.717, 1.165) is 5.56 Å². The van der Waals surface area contributed by atoms with Crippen LogP contribution in [0.1, 0.15) is 28.9 Å². The van der Waals surface area contributed by atoms with Crippen LogP contribution in [0.4, 0.5) is 0 Å². The number of hydrogen-bond donors (Lipinski definition) is 2. The van der Waals surface area contributed by atoms with Gasteiger partial charge < -0.3 is 15.2 Å². The topological polar surface area (TPSA) is 106 Å². The Morgan fingerprint density at radius 1 is 1.24 bits per heavy atom. The molecule has 1 aliphatic heterocycles. The number of nitrogens with zero attached hydrogens (tertiary/aromatic N) is 3. The van der Waals surface area contributed by atoms with Crippen LogP contribution in [-0.4, -0.2) is 51.7 Å². The molecule has 0 radical (unpaired) electrons. The molecular formula is C17H20N4O4. The summed E-state index contributed by atoms with van der Waals surface area (Å²) in [6.45, 7) is 1.33. The van der Waals surface area contributed by atoms with Crippen molar-refractivity contribution in [3.8, 4) is 0 Å². The summed E-state index contributed by atoms with van der Waals surface area (Å²) in [6, 6.07) is 9.71. The van der Waals surface area contributed by atoms with Crippen molar-refractivity contribution < 1.29 is 19.4 Å². The fraction of sp³-hybridized carbons (Fsp3) is 0.412. The van der Waals surface area contributed by atoms with E-state index in [9.17, 15) is 14.7 Å². The highest BCUT2D eigenvalue weighted by Crippen LogP contribution is 2.30. The lowest BCUT2D eigenvalue weighted by molar-refractivity contribution is -0.154. The molecule has 0 unspecified atom stereocenters. The zero-order valence-electron chi connectivity index (χ0n) is 13.7. The molecule has 1 fully saturated rings. The lowest BCUT2D eigenvalue weighted by Gasteiger charge is -2.32. The first kappa shape index (κ1) is 17.1. The minimum absolute atomic E-state index is 0.0517. The summed E-state index contributed by atoms with van der Waals surface area (Å²) >= 11 is 0. The van der Waals surface area contributed by atoms with Crippen molar-refractivity contribution in [2.45, 2.75) is 19.4 Å². The highest BCUT2D eigenvalue weighted by molar-refractivity contribution is 5.92. The van der Waals surface area contributed by atoms with Gasteiger partial charge in [0.25, 0.3) is 5.91 Å². The Labute approximate surface area is 144 Å². The summed E-state index contributed by atoms with van der Waals surface area (Å²) in [7, 11) is 0. The molecule has 1 aromatic heterocycles. The summed E-state index contributed by atoms with van der Waals surface area (Å²) in [5, 5.41) is 20.0. The first-order chi connectivity index (χ1) is 12.1. The molecule has 2 N–H and O–H groups in total. The second-order valence-corrected chi connectivity index (χ2v) is 6.17. The molecule has 1 aromatic carbocycles. The van der Waals surface area contributed by atoms with Crippen molar-refractivity contribution in [3.05, 3.63) is 47.8 Å². The van der Waals surface area contributed by atoms with Gasteiger partial charge in [-0.15, -0.1) is 5.10 Å². The van der Waals surface area contributed by atoms with Gasteiger partial charge in [0.05, 0.1) is 18.2 Å². The van der Waals surface area contributed by atoms with E-state index in [0.29, 0.717) is 32.6 Å². The van der Waals surface area contributed by atoms with Crippen LogP contribution < -0.4 is 5.32 Å². The maximum absolute atomic E-state index is 12.3. The Bertz CT molecular complexity index is 738. The molecule has 0 aliphatic carbocycles. The molecule has 1 saturated heterocycles. The van der Waals surface area contributed by atoms with Gasteiger partial charge in [0, 0.05) is 19.8 Å². The van der Waals surface area contributed by atoms with Gasteiger partial charge in [-0.1, -0.05) is 35.5 Å². The van der Waals surface area contributed by atoms with Crippen LogP contribution >= 0.6 is 0 Å². The fourth-order valence-electron chi connectivity index (χ4n) is 2.82. The van der Waals surface area contributed by atoms with Crippen molar-refractivity contribution in [3.63, 3.8) is 0 Å². The largest absolute Gasteiger partial charge is 0.481 e. The van der Waals surface area contributed by atoms with Crippen molar-refractivity contribution >= 4 is 11.9 Å². The molecule has 8 heteroatoms. The molecule has 2 heterocycles. The van der Waals surface area contributed by atoms with Crippen LogP contribution in [0.5, 0.6) is 0 Å². The van der Waals surface area contributed by atoms with Gasteiger partial charge >= 0.3 is 5.97 Å². The smallest absolute Gasteiger partial charge is 0.311 e. The monoisotopic (exact) mass is 344 g/mol. The molecule has 3 rings (SSSR count). The van der Waals surface area contributed by atoms with Gasteiger partial charge in [-0.3, -0.25) is 9.59 Å². The molecular weight excluding hydrogens is 324 g/mol. The van der Waals surface area contributed by atoms with Crippen LogP contribution in [0.3, 0.4) is 0 Å². The Morgan fingerprint density at radius 3 is 2.64 bits per heavy atom. The molecule has 8 nitrogen and oxygen atoms in total. The van der Waals surface area contributed by atoms with Gasteiger partial charge in [-0.05, 0) is 18.4 Å². The van der Waals surface area contributed by atoms with Gasteiger partial charge in [-0.2, -0.15) is 0 Å². The third kappa shape index (κ3) is 4.03. The molecule has 0 spiro atoms. The number of hydrogen-bond acceptors (Lipinski definition) is 5. The Balaban J connectivity index is 1.61. The maximum Gasteiger partial charge on any atom is 0.311 e. The number of amides is 1. The lowest BCUT2D eigenvalue weighted by Crippen LogP contribution is -2.46. The third-order valence-corrected chi connectivity index (χ3v) is 4.45. The Hall–Kier alpha value is -2.74. The average molecular weight is 344 g/mol. The number of rotatable bonds is 6. The van der Waals surface area contributed by atoms with Gasteiger partial charge in [0.15, 0.2) is 5.69 Å². The Kier molecular flexibility index (Phi) is 5.08. The number of carbonyl (C=O) groups excluding carboxylic acids is 1. The van der Waals surface area contributed by atoms with E-state index < -0.39 is 17.3 Å². The quantitative estimate of drug-likeness (QED) is 0.808. The number of nitrogens with one attached hydrogen (secondary N) is 1. The van der Waals surface area contributed by atoms with Crippen LogP contribution in [0.2, 0.25) is 0 Å². The van der Waals surface area contributed by atoms with Crippen molar-refractivity contribution in [2.75, 3.05) is 19.8 Å². The molecule has 2 aromatic rings. The maximum atomic E-state index is 12.3. The van der Waals surface area contributed by atoms with E-state index in [1.807, 2.05) is 30.3 Å². The molecule has 0 saturated carbocycles. The minimum atomic E-state index is -0.978.